The Morgan fingerprint density at radius 1 is 0.419 bits per heavy atom. The van der Waals surface area contributed by atoms with Crippen LogP contribution in [0.5, 0.6) is 0 Å². The molecule has 0 aliphatic heterocycles. The summed E-state index contributed by atoms with van der Waals surface area (Å²) in [5.74, 6) is 0.297. The quantitative estimate of drug-likeness (QED) is 0.215. The molecule has 0 saturated carbocycles. The summed E-state index contributed by atoms with van der Waals surface area (Å²) in [6.07, 6.45) is 0.906. The third kappa shape index (κ3) is 20.0. The van der Waals surface area contributed by atoms with Crippen molar-refractivity contribution in [2.24, 2.45) is 0 Å². The fourth-order valence-electron chi connectivity index (χ4n) is 3.72. The highest BCUT2D eigenvalue weighted by Crippen LogP contribution is 2.13. The minimum Gasteiger partial charge on any atom is -0.300 e. The minimum absolute atomic E-state index is 0.146. The Labute approximate surface area is 260 Å². The molecule has 0 amide bonds. The average Bonchev–Trinajstić information content (AvgIpc) is 2.97. The van der Waals surface area contributed by atoms with Gasteiger partial charge < -0.3 is 0 Å². The van der Waals surface area contributed by atoms with Gasteiger partial charge in [-0.05, 0) is 65.2 Å². The van der Waals surface area contributed by atoms with Gasteiger partial charge in [0.15, 0.2) is 0 Å². The molecular formula is C41H48O2. The molecule has 0 saturated heterocycles. The minimum atomic E-state index is 0.146. The summed E-state index contributed by atoms with van der Waals surface area (Å²) in [7, 11) is 0. The van der Waals surface area contributed by atoms with Crippen LogP contribution in [-0.2, 0) is 22.4 Å². The van der Waals surface area contributed by atoms with Gasteiger partial charge in [0.1, 0.15) is 11.6 Å². The number of carbonyl (C=O) groups is 2. The van der Waals surface area contributed by atoms with Crippen molar-refractivity contribution >= 4 is 11.6 Å². The van der Waals surface area contributed by atoms with E-state index in [1.807, 2.05) is 97.9 Å². The van der Waals surface area contributed by atoms with E-state index in [4.69, 9.17) is 0 Å². The predicted octanol–water partition coefficient (Wildman–Crippen LogP) is 10.2. The summed E-state index contributed by atoms with van der Waals surface area (Å²) >= 11 is 0. The van der Waals surface area contributed by atoms with Crippen LogP contribution in [-0.4, -0.2) is 11.6 Å². The first kappa shape index (κ1) is 36.5. The van der Waals surface area contributed by atoms with Gasteiger partial charge in [-0.1, -0.05) is 162 Å². The maximum absolute atomic E-state index is 11.0. The topological polar surface area (TPSA) is 34.1 Å². The maximum atomic E-state index is 11.0. The number of hydrogen-bond acceptors (Lipinski definition) is 2. The lowest BCUT2D eigenvalue weighted by Crippen LogP contribution is -2.02. The summed E-state index contributed by atoms with van der Waals surface area (Å²) in [6, 6.07) is 46.9. The highest BCUT2D eigenvalue weighted by Gasteiger charge is 2.04. The summed E-state index contributed by atoms with van der Waals surface area (Å²) < 4.78 is 0. The largest absolute Gasteiger partial charge is 0.300 e. The van der Waals surface area contributed by atoms with Gasteiger partial charge in [0, 0.05) is 12.8 Å². The summed E-state index contributed by atoms with van der Waals surface area (Å²) in [5, 5.41) is 0. The standard InChI is InChI=1S/C13H16O2.4C7H8/c1-9-4-5-12(6-10(2)14)8-13(9)7-11(3)15;4*1-7-5-3-2-4-6-7/h4-5,8H,6-7H2,1-3H3;4*2-6H,1H3. The number of ketones is 2. The molecule has 0 N–H and O–H groups in total. The van der Waals surface area contributed by atoms with Crippen molar-refractivity contribution in [3.05, 3.63) is 178 Å². The summed E-state index contributed by atoms with van der Waals surface area (Å²) in [5.41, 5.74) is 8.41. The first-order valence-corrected chi connectivity index (χ1v) is 14.7. The van der Waals surface area contributed by atoms with E-state index < -0.39 is 0 Å². The van der Waals surface area contributed by atoms with Crippen molar-refractivity contribution < 1.29 is 9.59 Å². The molecule has 5 aromatic rings. The van der Waals surface area contributed by atoms with Gasteiger partial charge in [-0.25, -0.2) is 0 Å². The number of aryl methyl sites for hydroxylation is 5. The molecule has 0 aliphatic carbocycles. The van der Waals surface area contributed by atoms with Crippen LogP contribution in [0.2, 0.25) is 0 Å². The van der Waals surface area contributed by atoms with Crippen LogP contribution in [0.1, 0.15) is 52.8 Å². The molecule has 5 rings (SSSR count). The van der Waals surface area contributed by atoms with Crippen LogP contribution in [0.25, 0.3) is 0 Å². The molecule has 0 atom stereocenters. The van der Waals surface area contributed by atoms with Crippen LogP contribution in [0.4, 0.5) is 0 Å². The first-order valence-electron chi connectivity index (χ1n) is 14.7. The Bertz CT molecular complexity index is 1280. The molecule has 0 unspecified atom stereocenters. The molecule has 224 valence electrons. The van der Waals surface area contributed by atoms with Crippen LogP contribution in [0.15, 0.2) is 140 Å². The molecular weight excluding hydrogens is 524 g/mol. The lowest BCUT2D eigenvalue weighted by molar-refractivity contribution is -0.117. The summed E-state index contributed by atoms with van der Waals surface area (Å²) in [6.45, 7) is 13.5. The van der Waals surface area contributed by atoms with Crippen LogP contribution in [0, 0.1) is 34.6 Å². The number of hydrogen-bond donors (Lipinski definition) is 0. The van der Waals surface area contributed by atoms with Gasteiger partial charge in [-0.15, -0.1) is 0 Å². The molecule has 2 heteroatoms. The van der Waals surface area contributed by atoms with Gasteiger partial charge in [0.05, 0.1) is 0 Å². The average molecular weight is 573 g/mol. The molecule has 43 heavy (non-hydrogen) atoms. The van der Waals surface area contributed by atoms with Crippen LogP contribution in [0.3, 0.4) is 0 Å². The monoisotopic (exact) mass is 572 g/mol. The second-order valence-corrected chi connectivity index (χ2v) is 10.6. The number of Topliss-reactive ketones (excluding diaryl/α,β-unsaturated/α-hetero) is 2. The van der Waals surface area contributed by atoms with E-state index in [0.717, 1.165) is 16.7 Å². The third-order valence-electron chi connectivity index (χ3n) is 6.07. The molecule has 0 bridgehead atoms. The van der Waals surface area contributed by atoms with Crippen LogP contribution < -0.4 is 0 Å². The van der Waals surface area contributed by atoms with Crippen molar-refractivity contribution in [1.29, 1.82) is 0 Å². The van der Waals surface area contributed by atoms with Crippen molar-refractivity contribution in [3.63, 3.8) is 0 Å². The predicted molar refractivity (Wildman–Crippen MR) is 185 cm³/mol. The van der Waals surface area contributed by atoms with Crippen LogP contribution >= 0.6 is 0 Å². The molecule has 0 radical (unpaired) electrons. The molecule has 0 aliphatic rings. The SMILES string of the molecule is CC(=O)Cc1ccc(C)c(CC(C)=O)c1.Cc1ccccc1.Cc1ccccc1.Cc1ccccc1.Cc1ccccc1. The highest BCUT2D eigenvalue weighted by molar-refractivity contribution is 5.80. The van der Waals surface area contributed by atoms with Gasteiger partial charge in [-0.3, -0.25) is 9.59 Å². The van der Waals surface area contributed by atoms with Crippen molar-refractivity contribution in [2.75, 3.05) is 0 Å². The normalized spacial score (nSPS) is 9.19. The molecule has 0 spiro atoms. The fraction of sp³-hybridized carbons (Fsp3) is 0.220. The molecule has 2 nitrogen and oxygen atoms in total. The molecule has 0 aromatic heterocycles. The Hall–Kier alpha value is -4.56. The van der Waals surface area contributed by atoms with E-state index in [9.17, 15) is 9.59 Å². The maximum Gasteiger partial charge on any atom is 0.134 e. The Morgan fingerprint density at radius 3 is 0.953 bits per heavy atom. The van der Waals surface area contributed by atoms with Crippen molar-refractivity contribution in [2.45, 2.75) is 61.3 Å². The first-order chi connectivity index (χ1) is 20.6. The van der Waals surface area contributed by atoms with E-state index in [-0.39, 0.29) is 11.6 Å². The second kappa shape index (κ2) is 22.1. The third-order valence-corrected chi connectivity index (χ3v) is 6.07. The van der Waals surface area contributed by atoms with Gasteiger partial charge in [0.2, 0.25) is 0 Å². The molecule has 0 fully saturated rings. The molecule has 5 aromatic carbocycles. The fourth-order valence-corrected chi connectivity index (χ4v) is 3.72. The smallest absolute Gasteiger partial charge is 0.134 e. The van der Waals surface area contributed by atoms with E-state index in [1.54, 1.807) is 13.8 Å². The zero-order chi connectivity index (χ0) is 31.9. The van der Waals surface area contributed by atoms with Crippen molar-refractivity contribution in [1.82, 2.24) is 0 Å². The second-order valence-electron chi connectivity index (χ2n) is 10.6. The van der Waals surface area contributed by atoms with Gasteiger partial charge >= 0.3 is 0 Å². The molecule has 0 heterocycles. The summed E-state index contributed by atoms with van der Waals surface area (Å²) in [4.78, 5) is 22.0. The van der Waals surface area contributed by atoms with E-state index >= 15 is 0 Å². The lowest BCUT2D eigenvalue weighted by Gasteiger charge is -2.06. The van der Waals surface area contributed by atoms with Gasteiger partial charge in [0.25, 0.3) is 0 Å². The Morgan fingerprint density at radius 2 is 0.721 bits per heavy atom. The van der Waals surface area contributed by atoms with E-state index in [0.29, 0.717) is 12.8 Å². The Kier molecular flexibility index (Phi) is 18.7. The zero-order valence-corrected chi connectivity index (χ0v) is 27.0. The Balaban J connectivity index is 0.000000282. The number of carbonyl (C=O) groups excluding carboxylic acids is 2. The zero-order valence-electron chi connectivity index (χ0n) is 27.0. The van der Waals surface area contributed by atoms with E-state index in [1.165, 1.54) is 22.3 Å². The van der Waals surface area contributed by atoms with E-state index in [2.05, 4.69) is 76.2 Å². The van der Waals surface area contributed by atoms with Gasteiger partial charge in [-0.2, -0.15) is 0 Å². The lowest BCUT2D eigenvalue weighted by atomic mass is 9.99. The number of rotatable bonds is 4. The van der Waals surface area contributed by atoms with Crippen molar-refractivity contribution in [3.8, 4) is 0 Å². The highest BCUT2D eigenvalue weighted by atomic mass is 16.1. The number of benzene rings is 5.